The third kappa shape index (κ3) is 4.87. The van der Waals surface area contributed by atoms with Gasteiger partial charge in [-0.15, -0.1) is 0 Å². The van der Waals surface area contributed by atoms with Crippen LogP contribution < -0.4 is 16.2 Å². The highest BCUT2D eigenvalue weighted by atomic mass is 127. The topological polar surface area (TPSA) is 130 Å². The van der Waals surface area contributed by atoms with Crippen LogP contribution >= 0.6 is 90.4 Å². The molecule has 2 rings (SSSR count). The zero-order valence-electron chi connectivity index (χ0n) is 16.7. The minimum Gasteiger partial charge on any atom is -0.451 e. The minimum absolute atomic E-state index is 0.0498. The van der Waals surface area contributed by atoms with Crippen molar-refractivity contribution in [1.82, 2.24) is 0 Å². The van der Waals surface area contributed by atoms with E-state index >= 15 is 0 Å². The van der Waals surface area contributed by atoms with Crippen molar-refractivity contribution in [1.29, 1.82) is 0 Å². The lowest BCUT2D eigenvalue weighted by Gasteiger charge is -2.21. The van der Waals surface area contributed by atoms with Crippen molar-refractivity contribution in [3.63, 3.8) is 0 Å². The van der Waals surface area contributed by atoms with Gasteiger partial charge >= 0.3 is 0 Å². The molecule has 0 saturated heterocycles. The standard InChI is InChI=1S/C20H16I4N2O5/c1-5(27)9-13(21)11(7(3)29)17(25)19(15(9)23)31-20-16(24)10(6(2)28)14(22)12(8(4)30)18(20)26/h25-26H2,1-4H3. The van der Waals surface area contributed by atoms with Crippen LogP contribution in [0, 0.1) is 14.3 Å². The molecule has 0 aromatic heterocycles. The molecule has 0 bridgehead atoms. The lowest BCUT2D eigenvalue weighted by molar-refractivity contribution is 0.0996. The van der Waals surface area contributed by atoms with Gasteiger partial charge in [0, 0.05) is 18.3 Å². The number of carbonyl (C=O) groups excluding carboxylic acids is 4. The molecular weight excluding hydrogens is 856 g/mol. The van der Waals surface area contributed by atoms with Gasteiger partial charge in [-0.25, -0.2) is 0 Å². The highest BCUT2D eigenvalue weighted by Gasteiger charge is 2.30. The van der Waals surface area contributed by atoms with Crippen molar-refractivity contribution in [2.75, 3.05) is 11.5 Å². The van der Waals surface area contributed by atoms with Gasteiger partial charge in [-0.1, -0.05) is 0 Å². The van der Waals surface area contributed by atoms with Crippen LogP contribution in [0.4, 0.5) is 11.4 Å². The highest BCUT2D eigenvalue weighted by Crippen LogP contribution is 2.46. The Morgan fingerprint density at radius 3 is 1.03 bits per heavy atom. The van der Waals surface area contributed by atoms with E-state index in [0.29, 0.717) is 25.4 Å². The van der Waals surface area contributed by atoms with Crippen LogP contribution in [0.5, 0.6) is 11.5 Å². The number of hydrogen-bond acceptors (Lipinski definition) is 7. The number of ketones is 4. The van der Waals surface area contributed by atoms with Crippen LogP contribution in [-0.4, -0.2) is 23.1 Å². The third-order valence-corrected chi connectivity index (χ3v) is 8.57. The number of anilines is 2. The van der Waals surface area contributed by atoms with Crippen LogP contribution in [0.3, 0.4) is 0 Å². The third-order valence-electron chi connectivity index (χ3n) is 4.36. The lowest BCUT2D eigenvalue weighted by atomic mass is 10.0. The molecule has 0 aliphatic rings. The summed E-state index contributed by atoms with van der Waals surface area (Å²) in [6.07, 6.45) is 0. The summed E-state index contributed by atoms with van der Waals surface area (Å²) in [5, 5.41) is 0. The molecular formula is C20H16I4N2O5. The summed E-state index contributed by atoms with van der Waals surface area (Å²) < 4.78 is 7.77. The first-order valence-electron chi connectivity index (χ1n) is 8.56. The van der Waals surface area contributed by atoms with E-state index in [2.05, 4.69) is 0 Å². The predicted octanol–water partition coefficient (Wildman–Crippen LogP) is 5.87. The second-order valence-corrected chi connectivity index (χ2v) is 10.9. The molecule has 0 aliphatic heterocycles. The van der Waals surface area contributed by atoms with E-state index in [4.69, 9.17) is 16.2 Å². The molecule has 0 saturated carbocycles. The molecule has 0 fully saturated rings. The van der Waals surface area contributed by atoms with Gasteiger partial charge in [0.05, 0.1) is 29.6 Å². The Labute approximate surface area is 233 Å². The maximum Gasteiger partial charge on any atom is 0.165 e. The Balaban J connectivity index is 2.98. The van der Waals surface area contributed by atoms with Gasteiger partial charge < -0.3 is 16.2 Å². The smallest absolute Gasteiger partial charge is 0.165 e. The number of Topliss-reactive ketones (excluding diaryl/α,β-unsaturated/α-hetero) is 4. The average molecular weight is 872 g/mol. The van der Waals surface area contributed by atoms with Crippen molar-refractivity contribution in [3.05, 3.63) is 36.5 Å². The fraction of sp³-hybridized carbons (Fsp3) is 0.200. The van der Waals surface area contributed by atoms with Gasteiger partial charge in [-0.05, 0) is 118 Å². The van der Waals surface area contributed by atoms with Crippen LogP contribution in [-0.2, 0) is 0 Å². The van der Waals surface area contributed by atoms with E-state index in [-0.39, 0.29) is 57.1 Å². The van der Waals surface area contributed by atoms with Crippen molar-refractivity contribution >= 4 is 125 Å². The summed E-state index contributed by atoms with van der Waals surface area (Å²) in [7, 11) is 0. The van der Waals surface area contributed by atoms with Crippen LogP contribution in [0.1, 0.15) is 69.1 Å². The number of halogens is 4. The summed E-state index contributed by atoms with van der Waals surface area (Å²) in [4.78, 5) is 49.2. The van der Waals surface area contributed by atoms with Gasteiger partial charge in [0.2, 0.25) is 0 Å². The monoisotopic (exact) mass is 872 g/mol. The molecule has 0 heterocycles. The SMILES string of the molecule is CC(=O)c1c(N)c(Oc2c(N)c(C(C)=O)c(I)c(C(C)=O)c2I)c(I)c(C(C)=O)c1I. The Kier molecular flexibility index (Phi) is 8.74. The lowest BCUT2D eigenvalue weighted by Crippen LogP contribution is -2.15. The molecule has 4 N–H and O–H groups in total. The Bertz CT molecular complexity index is 1020. The average Bonchev–Trinajstić information content (AvgIpc) is 2.59. The fourth-order valence-electron chi connectivity index (χ4n) is 2.98. The first kappa shape index (κ1) is 26.7. The van der Waals surface area contributed by atoms with E-state index in [1.54, 1.807) is 0 Å². The molecule has 0 atom stereocenters. The van der Waals surface area contributed by atoms with Gasteiger partial charge in [0.25, 0.3) is 0 Å². The predicted molar refractivity (Wildman–Crippen MR) is 153 cm³/mol. The molecule has 11 heteroatoms. The molecule has 31 heavy (non-hydrogen) atoms. The van der Waals surface area contributed by atoms with E-state index in [1.807, 2.05) is 90.4 Å². The Morgan fingerprint density at radius 2 is 0.806 bits per heavy atom. The second kappa shape index (κ2) is 10.1. The van der Waals surface area contributed by atoms with Crippen molar-refractivity contribution in [2.45, 2.75) is 27.7 Å². The molecule has 0 aliphatic carbocycles. The first-order chi connectivity index (χ1) is 14.2. The molecule has 2 aromatic carbocycles. The Hall–Kier alpha value is -0.560. The van der Waals surface area contributed by atoms with Gasteiger partial charge in [-0.3, -0.25) is 19.2 Å². The van der Waals surface area contributed by atoms with Crippen molar-refractivity contribution in [3.8, 4) is 11.5 Å². The van der Waals surface area contributed by atoms with Gasteiger partial charge in [-0.2, -0.15) is 0 Å². The molecule has 0 radical (unpaired) electrons. The van der Waals surface area contributed by atoms with E-state index in [0.717, 1.165) is 0 Å². The highest BCUT2D eigenvalue weighted by molar-refractivity contribution is 14.1. The largest absolute Gasteiger partial charge is 0.451 e. The van der Waals surface area contributed by atoms with Crippen LogP contribution in [0.25, 0.3) is 0 Å². The summed E-state index contributed by atoms with van der Waals surface area (Å²) in [5.41, 5.74) is 13.6. The normalized spacial score (nSPS) is 10.7. The summed E-state index contributed by atoms with van der Waals surface area (Å²) in [6.45, 7) is 5.46. The number of benzene rings is 2. The maximum atomic E-state index is 12.3. The second-order valence-electron chi connectivity index (χ2n) is 6.57. The quantitative estimate of drug-likeness (QED) is 0.211. The molecule has 0 spiro atoms. The number of ether oxygens (including phenoxy) is 1. The van der Waals surface area contributed by atoms with Crippen molar-refractivity contribution in [2.24, 2.45) is 0 Å². The number of rotatable bonds is 6. The molecule has 7 nitrogen and oxygen atoms in total. The number of nitrogen functional groups attached to an aromatic ring is 2. The van der Waals surface area contributed by atoms with Gasteiger partial charge in [0.15, 0.2) is 34.6 Å². The van der Waals surface area contributed by atoms with E-state index < -0.39 is 0 Å². The molecule has 0 unspecified atom stereocenters. The van der Waals surface area contributed by atoms with Crippen LogP contribution in [0.2, 0.25) is 0 Å². The molecule has 164 valence electrons. The molecule has 2 aromatic rings. The zero-order chi connectivity index (χ0) is 23.9. The number of hydrogen-bond donors (Lipinski definition) is 2. The minimum atomic E-state index is -0.329. The summed E-state index contributed by atoms with van der Waals surface area (Å²) in [6, 6.07) is 0. The molecule has 0 amide bonds. The fourth-order valence-corrected chi connectivity index (χ4v) is 8.75. The van der Waals surface area contributed by atoms with Crippen molar-refractivity contribution < 1.29 is 23.9 Å². The van der Waals surface area contributed by atoms with E-state index in [9.17, 15) is 19.2 Å². The number of carbonyl (C=O) groups is 4. The first-order valence-corrected chi connectivity index (χ1v) is 12.9. The Morgan fingerprint density at radius 1 is 0.548 bits per heavy atom. The maximum absolute atomic E-state index is 12.3. The van der Waals surface area contributed by atoms with Crippen LogP contribution in [0.15, 0.2) is 0 Å². The van der Waals surface area contributed by atoms with Gasteiger partial charge in [0.1, 0.15) is 0 Å². The number of nitrogens with two attached hydrogens (primary N) is 2. The zero-order valence-corrected chi connectivity index (χ0v) is 25.3. The van der Waals surface area contributed by atoms with E-state index in [1.165, 1.54) is 27.7 Å². The summed E-state index contributed by atoms with van der Waals surface area (Å²) in [5.74, 6) is -1.03. The summed E-state index contributed by atoms with van der Waals surface area (Å²) >= 11 is 7.69.